The highest BCUT2D eigenvalue weighted by atomic mass is 16.5. The summed E-state index contributed by atoms with van der Waals surface area (Å²) in [6.07, 6.45) is 1.97. The number of aryl methyl sites for hydroxylation is 2. The van der Waals surface area contributed by atoms with Crippen LogP contribution < -0.4 is 0 Å². The van der Waals surface area contributed by atoms with E-state index in [0.717, 1.165) is 22.5 Å². The number of carbonyl (C=O) groups is 1. The molecule has 0 saturated heterocycles. The number of aliphatic imine (C=N–C) groups is 1. The largest absolute Gasteiger partial charge is 0.593 e. The first-order valence-corrected chi connectivity index (χ1v) is 8.83. The maximum Gasteiger partial charge on any atom is 0.593 e. The van der Waals surface area contributed by atoms with Crippen LogP contribution in [0.2, 0.25) is 0 Å². The van der Waals surface area contributed by atoms with Gasteiger partial charge in [0.1, 0.15) is 0 Å². The second-order valence-electron chi connectivity index (χ2n) is 6.68. The fourth-order valence-electron chi connectivity index (χ4n) is 3.48. The summed E-state index contributed by atoms with van der Waals surface area (Å²) in [5, 5.41) is 19.9. The van der Waals surface area contributed by atoms with Gasteiger partial charge in [0.05, 0.1) is 35.6 Å². The number of aromatic nitrogens is 2. The molecule has 1 aliphatic heterocycles. The molecule has 3 rings (SSSR count). The Morgan fingerprint density at radius 3 is 2.18 bits per heavy atom. The van der Waals surface area contributed by atoms with E-state index in [9.17, 15) is 14.8 Å². The fraction of sp³-hybridized carbons (Fsp3) is 0.250. The Bertz CT molecular complexity index is 1030. The van der Waals surface area contributed by atoms with E-state index in [1.165, 1.54) is 11.6 Å². The van der Waals surface area contributed by atoms with Crippen LogP contribution in [0.25, 0.3) is 5.57 Å². The van der Waals surface area contributed by atoms with E-state index in [1.807, 2.05) is 26.8 Å². The van der Waals surface area contributed by atoms with Crippen LogP contribution in [0.5, 0.6) is 0 Å². The van der Waals surface area contributed by atoms with E-state index in [0.29, 0.717) is 28.3 Å². The SMILES string of the molecule is COC(=O)c1ccc(/C(=C2/N=C(C)C=C2C)c2c(C)nc(C)n2B(O)O)cc1. The minimum Gasteiger partial charge on any atom is -0.465 e. The first-order chi connectivity index (χ1) is 13.2. The van der Waals surface area contributed by atoms with Crippen LogP contribution in [0.15, 0.2) is 46.6 Å². The quantitative estimate of drug-likeness (QED) is 0.628. The third kappa shape index (κ3) is 3.44. The molecule has 0 aliphatic carbocycles. The maximum absolute atomic E-state index is 11.8. The van der Waals surface area contributed by atoms with Crippen molar-refractivity contribution in [3.63, 3.8) is 0 Å². The van der Waals surface area contributed by atoms with E-state index in [2.05, 4.69) is 9.98 Å². The van der Waals surface area contributed by atoms with Crippen molar-refractivity contribution >= 4 is 24.5 Å². The molecule has 2 N–H and O–H groups in total. The van der Waals surface area contributed by atoms with Gasteiger partial charge in [-0.1, -0.05) is 12.1 Å². The molecule has 28 heavy (non-hydrogen) atoms. The minimum atomic E-state index is -1.74. The van der Waals surface area contributed by atoms with E-state index in [1.54, 1.807) is 31.2 Å². The van der Waals surface area contributed by atoms with Gasteiger partial charge in [0.2, 0.25) is 0 Å². The van der Waals surface area contributed by atoms with Crippen molar-refractivity contribution in [1.29, 1.82) is 0 Å². The lowest BCUT2D eigenvalue weighted by Gasteiger charge is -2.16. The van der Waals surface area contributed by atoms with Crippen LogP contribution in [0, 0.1) is 13.8 Å². The number of rotatable bonds is 4. The number of esters is 1. The summed E-state index contributed by atoms with van der Waals surface area (Å²) < 4.78 is 6.13. The lowest BCUT2D eigenvalue weighted by molar-refractivity contribution is 0.0600. The summed E-state index contributed by atoms with van der Waals surface area (Å²) in [6.45, 7) is 7.39. The zero-order valence-corrected chi connectivity index (χ0v) is 16.5. The Balaban J connectivity index is 2.30. The van der Waals surface area contributed by atoms with Crippen molar-refractivity contribution in [2.75, 3.05) is 7.11 Å². The number of ether oxygens (including phenoxy) is 1. The molecule has 8 heteroatoms. The van der Waals surface area contributed by atoms with Crippen LogP contribution >= 0.6 is 0 Å². The predicted molar refractivity (Wildman–Crippen MR) is 108 cm³/mol. The second kappa shape index (κ2) is 7.57. The second-order valence-corrected chi connectivity index (χ2v) is 6.68. The van der Waals surface area contributed by atoms with Gasteiger partial charge in [-0.2, -0.15) is 0 Å². The van der Waals surface area contributed by atoms with Gasteiger partial charge >= 0.3 is 13.2 Å². The molecule has 1 aromatic heterocycles. The molecule has 0 radical (unpaired) electrons. The summed E-state index contributed by atoms with van der Waals surface area (Å²) >= 11 is 0. The van der Waals surface area contributed by atoms with Crippen molar-refractivity contribution < 1.29 is 19.6 Å². The van der Waals surface area contributed by atoms with Crippen molar-refractivity contribution in [3.05, 3.63) is 70.0 Å². The van der Waals surface area contributed by atoms with Gasteiger partial charge in [0.25, 0.3) is 0 Å². The Morgan fingerprint density at radius 1 is 1.07 bits per heavy atom. The van der Waals surface area contributed by atoms with Crippen molar-refractivity contribution in [3.8, 4) is 0 Å². The topological polar surface area (TPSA) is 96.9 Å². The Labute approximate surface area is 163 Å². The molecule has 0 spiro atoms. The number of carbonyl (C=O) groups excluding carboxylic acids is 1. The van der Waals surface area contributed by atoms with Crippen molar-refractivity contribution in [1.82, 2.24) is 9.46 Å². The molecular weight excluding hydrogens is 357 g/mol. The van der Waals surface area contributed by atoms with Gasteiger partial charge < -0.3 is 19.3 Å². The normalized spacial score (nSPS) is 15.2. The highest BCUT2D eigenvalue weighted by Crippen LogP contribution is 2.35. The number of benzene rings is 1. The smallest absolute Gasteiger partial charge is 0.465 e. The average Bonchev–Trinajstić information content (AvgIpc) is 3.13. The lowest BCUT2D eigenvalue weighted by atomic mass is 9.94. The number of imidazole rings is 1. The molecule has 0 saturated carbocycles. The molecule has 144 valence electrons. The van der Waals surface area contributed by atoms with Crippen LogP contribution in [0.1, 0.15) is 47.0 Å². The summed E-state index contributed by atoms with van der Waals surface area (Å²) in [7, 11) is -0.404. The first kappa shape index (κ1) is 19.8. The minimum absolute atomic E-state index is 0.422. The summed E-state index contributed by atoms with van der Waals surface area (Å²) in [4.78, 5) is 20.8. The molecule has 2 aromatic rings. The van der Waals surface area contributed by atoms with Crippen LogP contribution in [0.4, 0.5) is 0 Å². The highest BCUT2D eigenvalue weighted by Gasteiger charge is 2.28. The standard InChI is InChI=1S/C20H22BN3O4/c1-11-10-12(2)22-18(11)17(15-6-8-16(9-7-15)20(25)28-5)19-13(3)23-14(4)24(19)21(26)27/h6-10,26-27H,1-5H3/b18-17-. The molecule has 0 bridgehead atoms. The Hall–Kier alpha value is -2.97. The molecule has 0 fully saturated rings. The number of hydrogen-bond donors (Lipinski definition) is 2. The van der Waals surface area contributed by atoms with Crippen LogP contribution in [-0.4, -0.2) is 45.6 Å². The van der Waals surface area contributed by atoms with Gasteiger partial charge in [-0.25, -0.2) is 9.78 Å². The predicted octanol–water partition coefficient (Wildman–Crippen LogP) is 2.28. The molecule has 7 nitrogen and oxygen atoms in total. The monoisotopic (exact) mass is 379 g/mol. The molecule has 0 unspecified atom stereocenters. The van der Waals surface area contributed by atoms with Gasteiger partial charge in [-0.15, -0.1) is 0 Å². The molecule has 0 atom stereocenters. The van der Waals surface area contributed by atoms with Gasteiger partial charge in [0, 0.05) is 11.3 Å². The Morgan fingerprint density at radius 2 is 1.68 bits per heavy atom. The van der Waals surface area contributed by atoms with E-state index in [-0.39, 0.29) is 0 Å². The lowest BCUT2D eigenvalue weighted by Crippen LogP contribution is -2.27. The van der Waals surface area contributed by atoms with E-state index < -0.39 is 13.2 Å². The zero-order valence-electron chi connectivity index (χ0n) is 16.5. The van der Waals surface area contributed by atoms with E-state index >= 15 is 0 Å². The van der Waals surface area contributed by atoms with Crippen molar-refractivity contribution in [2.45, 2.75) is 27.7 Å². The first-order valence-electron chi connectivity index (χ1n) is 8.83. The number of hydrogen-bond acceptors (Lipinski definition) is 6. The van der Waals surface area contributed by atoms with Gasteiger partial charge in [-0.3, -0.25) is 4.99 Å². The van der Waals surface area contributed by atoms with Gasteiger partial charge in [0.15, 0.2) is 0 Å². The summed E-state index contributed by atoms with van der Waals surface area (Å²) in [6, 6.07) is 6.93. The third-order valence-corrected chi connectivity index (χ3v) is 4.65. The third-order valence-electron chi connectivity index (χ3n) is 4.65. The Kier molecular flexibility index (Phi) is 5.35. The maximum atomic E-state index is 11.8. The molecule has 1 aromatic carbocycles. The number of allylic oxidation sites excluding steroid dienone is 2. The van der Waals surface area contributed by atoms with Crippen LogP contribution in [0.3, 0.4) is 0 Å². The summed E-state index contributed by atoms with van der Waals surface area (Å²) in [5.74, 6) is 0.0570. The summed E-state index contributed by atoms with van der Waals surface area (Å²) in [5.41, 5.74) is 5.69. The molecule has 1 aliphatic rings. The highest BCUT2D eigenvalue weighted by molar-refractivity contribution is 6.40. The number of methoxy groups -OCH3 is 1. The van der Waals surface area contributed by atoms with Crippen molar-refractivity contribution in [2.24, 2.45) is 4.99 Å². The fourth-order valence-corrected chi connectivity index (χ4v) is 3.48. The zero-order chi connectivity index (χ0) is 20.6. The van der Waals surface area contributed by atoms with E-state index in [4.69, 9.17) is 4.74 Å². The van der Waals surface area contributed by atoms with Gasteiger partial charge in [-0.05, 0) is 57.0 Å². The van der Waals surface area contributed by atoms with Crippen LogP contribution in [-0.2, 0) is 4.74 Å². The average molecular weight is 379 g/mol. The number of nitrogens with zero attached hydrogens (tertiary/aromatic N) is 3. The molecule has 2 heterocycles. The molecular formula is C20H22BN3O4. The molecule has 0 amide bonds.